The second-order valence-electron chi connectivity index (χ2n) is 8.74. The van der Waals surface area contributed by atoms with E-state index in [1.807, 2.05) is 47.4 Å². The third-order valence-electron chi connectivity index (χ3n) is 6.48. The first-order valence-electron chi connectivity index (χ1n) is 10.7. The van der Waals surface area contributed by atoms with Gasteiger partial charge < -0.3 is 15.6 Å². The van der Waals surface area contributed by atoms with Crippen molar-refractivity contribution >= 4 is 16.7 Å². The lowest BCUT2D eigenvalue weighted by Crippen LogP contribution is -2.37. The van der Waals surface area contributed by atoms with Crippen molar-refractivity contribution in [2.75, 3.05) is 26.2 Å². The molecule has 0 aromatic heterocycles. The van der Waals surface area contributed by atoms with E-state index < -0.39 is 29.8 Å². The van der Waals surface area contributed by atoms with E-state index in [4.69, 9.17) is 10.5 Å². The van der Waals surface area contributed by atoms with Gasteiger partial charge in [0.2, 0.25) is 5.91 Å². The lowest BCUT2D eigenvalue weighted by Gasteiger charge is -2.22. The molecule has 3 aromatic rings. The molecule has 0 spiro atoms. The fraction of sp³-hybridized carbons (Fsp3) is 0.320. The average Bonchev–Trinajstić information content (AvgIpc) is 3.10. The van der Waals surface area contributed by atoms with Crippen molar-refractivity contribution in [1.29, 1.82) is 0 Å². The van der Waals surface area contributed by atoms with Gasteiger partial charge in [0, 0.05) is 37.0 Å². The molecule has 166 valence electrons. The number of carbonyl (C=O) groups is 1. The highest BCUT2D eigenvalue weighted by Gasteiger charge is 2.71. The number of carbonyl (C=O) groups excluding carboxylic acids is 1. The van der Waals surface area contributed by atoms with E-state index in [0.29, 0.717) is 30.9 Å². The van der Waals surface area contributed by atoms with Crippen molar-refractivity contribution in [3.05, 3.63) is 66.2 Å². The number of aliphatic hydroxyl groups excluding tert-OH is 1. The van der Waals surface area contributed by atoms with Crippen molar-refractivity contribution in [2.24, 2.45) is 17.6 Å². The summed E-state index contributed by atoms with van der Waals surface area (Å²) >= 11 is 0. The Kier molecular flexibility index (Phi) is 5.10. The second kappa shape index (κ2) is 7.83. The first-order valence-corrected chi connectivity index (χ1v) is 10.7. The molecule has 2 aliphatic rings. The fourth-order valence-corrected chi connectivity index (χ4v) is 4.63. The summed E-state index contributed by atoms with van der Waals surface area (Å²) in [6, 6.07) is 18.8. The summed E-state index contributed by atoms with van der Waals surface area (Å²) in [6.45, 7) is 1.10. The van der Waals surface area contributed by atoms with Crippen molar-refractivity contribution in [3.8, 4) is 16.9 Å². The molecule has 5 rings (SSSR count). The molecule has 0 radical (unpaired) electrons. The molecule has 7 heteroatoms. The van der Waals surface area contributed by atoms with E-state index in [-0.39, 0.29) is 6.61 Å². The van der Waals surface area contributed by atoms with Crippen LogP contribution in [0.5, 0.6) is 5.75 Å². The van der Waals surface area contributed by atoms with Gasteiger partial charge in [0.15, 0.2) is 0 Å². The summed E-state index contributed by atoms with van der Waals surface area (Å²) < 4.78 is 32.4. The van der Waals surface area contributed by atoms with Crippen LogP contribution in [0.15, 0.2) is 60.7 Å². The van der Waals surface area contributed by atoms with Crippen LogP contribution in [0.2, 0.25) is 0 Å². The summed E-state index contributed by atoms with van der Waals surface area (Å²) in [5, 5.41) is 12.3. The van der Waals surface area contributed by atoms with E-state index in [2.05, 4.69) is 0 Å². The first kappa shape index (κ1) is 20.8. The van der Waals surface area contributed by atoms with Gasteiger partial charge in [-0.15, -0.1) is 0 Å². The van der Waals surface area contributed by atoms with Gasteiger partial charge in [-0.2, -0.15) is 0 Å². The molecule has 3 unspecified atom stereocenters. The zero-order valence-corrected chi connectivity index (χ0v) is 17.4. The Hall–Kier alpha value is -3.03. The van der Waals surface area contributed by atoms with Crippen LogP contribution in [-0.2, 0) is 0 Å². The number of β-amino-alcohol motifs (C(OH)–C–C–N with tert-alkyl or cyclic N) is 1. The zero-order valence-electron chi connectivity index (χ0n) is 17.4. The van der Waals surface area contributed by atoms with Crippen LogP contribution in [0.4, 0.5) is 8.78 Å². The van der Waals surface area contributed by atoms with E-state index >= 15 is 0 Å². The number of ether oxygens (including phenoxy) is 1. The summed E-state index contributed by atoms with van der Waals surface area (Å²) in [5.41, 5.74) is 7.67. The van der Waals surface area contributed by atoms with Gasteiger partial charge in [-0.1, -0.05) is 30.3 Å². The molecule has 1 amide bonds. The maximum absolute atomic E-state index is 13.3. The van der Waals surface area contributed by atoms with E-state index in [1.54, 1.807) is 18.2 Å². The molecular formula is C25H24F2N2O3. The number of nitrogens with two attached hydrogens (primary N) is 1. The Bertz CT molecular complexity index is 1170. The number of likely N-dealkylation sites (tertiary alicyclic amines) is 1. The number of piperidine rings is 1. The zero-order chi connectivity index (χ0) is 22.5. The van der Waals surface area contributed by atoms with Gasteiger partial charge in [-0.3, -0.25) is 9.69 Å². The number of rotatable bonds is 7. The van der Waals surface area contributed by atoms with Crippen molar-refractivity contribution in [1.82, 2.24) is 4.90 Å². The number of nitrogens with zero attached hydrogens (tertiary/aromatic N) is 1. The highest BCUT2D eigenvalue weighted by atomic mass is 19.3. The molecule has 1 saturated carbocycles. The molecule has 1 heterocycles. The predicted molar refractivity (Wildman–Crippen MR) is 118 cm³/mol. The Morgan fingerprint density at radius 3 is 2.53 bits per heavy atom. The smallest absolute Gasteiger partial charge is 0.257 e. The van der Waals surface area contributed by atoms with Crippen LogP contribution in [0.3, 0.4) is 0 Å². The SMILES string of the molecule is NC(=O)c1cccc(-c2ccc3ccc(OCC(O)CN4CC5C(C4)C5(F)F)cc3c2)c1. The molecule has 32 heavy (non-hydrogen) atoms. The fourth-order valence-electron chi connectivity index (χ4n) is 4.63. The Morgan fingerprint density at radius 2 is 1.78 bits per heavy atom. The minimum atomic E-state index is -2.51. The third kappa shape index (κ3) is 3.94. The minimum absolute atomic E-state index is 0.0913. The van der Waals surface area contributed by atoms with E-state index in [9.17, 15) is 18.7 Å². The minimum Gasteiger partial charge on any atom is -0.491 e. The number of amides is 1. The monoisotopic (exact) mass is 438 g/mol. The molecule has 0 bridgehead atoms. The summed E-state index contributed by atoms with van der Waals surface area (Å²) in [5.74, 6) is -3.46. The van der Waals surface area contributed by atoms with Gasteiger partial charge in [-0.05, 0) is 52.2 Å². The van der Waals surface area contributed by atoms with Gasteiger partial charge in [0.1, 0.15) is 18.5 Å². The number of fused-ring (bicyclic) bond motifs is 2. The molecule has 3 N–H and O–H groups in total. The highest BCUT2D eigenvalue weighted by Crippen LogP contribution is 2.59. The Morgan fingerprint density at radius 1 is 1.06 bits per heavy atom. The maximum Gasteiger partial charge on any atom is 0.257 e. The number of benzene rings is 3. The standard InChI is InChI=1S/C25H24F2N2O3/c26-25(27)22-12-29(13-23(22)25)11-20(30)14-32-21-7-6-15-4-5-17(9-19(15)10-21)16-2-1-3-18(8-16)24(28)31/h1-10,20,22-23,30H,11-14H2,(H2,28,31). The number of halogens is 2. The van der Waals surface area contributed by atoms with Crippen LogP contribution in [0, 0.1) is 11.8 Å². The molecular weight excluding hydrogens is 414 g/mol. The summed E-state index contributed by atoms with van der Waals surface area (Å²) in [6.07, 6.45) is -0.750. The average molecular weight is 438 g/mol. The van der Waals surface area contributed by atoms with Crippen molar-refractivity contribution in [2.45, 2.75) is 12.0 Å². The van der Waals surface area contributed by atoms with Gasteiger partial charge in [0.25, 0.3) is 5.92 Å². The lowest BCUT2D eigenvalue weighted by molar-refractivity contribution is 0.0302. The number of hydrogen-bond donors (Lipinski definition) is 2. The van der Waals surface area contributed by atoms with Crippen LogP contribution in [-0.4, -0.2) is 54.2 Å². The lowest BCUT2D eigenvalue weighted by atomic mass is 9.99. The Balaban J connectivity index is 1.24. The van der Waals surface area contributed by atoms with Crippen LogP contribution in [0.1, 0.15) is 10.4 Å². The molecule has 2 fully saturated rings. The number of hydrogen-bond acceptors (Lipinski definition) is 4. The maximum atomic E-state index is 13.3. The van der Waals surface area contributed by atoms with Gasteiger partial charge in [-0.25, -0.2) is 8.78 Å². The molecule has 3 atom stereocenters. The number of aliphatic hydroxyl groups is 1. The highest BCUT2D eigenvalue weighted by molar-refractivity contribution is 5.95. The third-order valence-corrected chi connectivity index (χ3v) is 6.48. The molecule has 1 aliphatic carbocycles. The number of alkyl halides is 2. The van der Waals surface area contributed by atoms with Gasteiger partial charge >= 0.3 is 0 Å². The molecule has 5 nitrogen and oxygen atoms in total. The molecule has 1 aliphatic heterocycles. The second-order valence-corrected chi connectivity index (χ2v) is 8.74. The van der Waals surface area contributed by atoms with E-state index in [1.165, 1.54) is 0 Å². The van der Waals surface area contributed by atoms with Gasteiger partial charge in [0.05, 0.1) is 0 Å². The summed E-state index contributed by atoms with van der Waals surface area (Å²) in [7, 11) is 0. The van der Waals surface area contributed by atoms with Crippen molar-refractivity contribution < 1.29 is 23.4 Å². The predicted octanol–water partition coefficient (Wildman–Crippen LogP) is 3.54. The largest absolute Gasteiger partial charge is 0.491 e. The molecule has 3 aromatic carbocycles. The summed E-state index contributed by atoms with van der Waals surface area (Å²) in [4.78, 5) is 13.4. The first-order chi connectivity index (χ1) is 15.3. The molecule has 1 saturated heterocycles. The topological polar surface area (TPSA) is 75.8 Å². The van der Waals surface area contributed by atoms with Crippen LogP contribution >= 0.6 is 0 Å². The van der Waals surface area contributed by atoms with E-state index in [0.717, 1.165) is 21.9 Å². The van der Waals surface area contributed by atoms with Crippen molar-refractivity contribution in [3.63, 3.8) is 0 Å². The normalized spacial score (nSPS) is 22.5. The Labute approximate surface area is 184 Å². The van der Waals surface area contributed by atoms with Crippen LogP contribution in [0.25, 0.3) is 21.9 Å². The quantitative estimate of drug-likeness (QED) is 0.592. The van der Waals surface area contributed by atoms with Crippen LogP contribution < -0.4 is 10.5 Å². The number of primary amides is 1.